The maximum atomic E-state index is 12.9. The van der Waals surface area contributed by atoms with Crippen molar-refractivity contribution in [3.63, 3.8) is 0 Å². The second-order valence-corrected chi connectivity index (χ2v) is 9.95. The van der Waals surface area contributed by atoms with Crippen molar-refractivity contribution in [1.29, 1.82) is 0 Å². The first-order valence-corrected chi connectivity index (χ1v) is 12.6. The number of carbonyl (C=O) groups is 3. The summed E-state index contributed by atoms with van der Waals surface area (Å²) in [5.41, 5.74) is 0.295. The zero-order valence-electron chi connectivity index (χ0n) is 17.0. The van der Waals surface area contributed by atoms with E-state index in [-0.39, 0.29) is 30.6 Å². The van der Waals surface area contributed by atoms with E-state index in [1.165, 1.54) is 0 Å². The van der Waals surface area contributed by atoms with E-state index in [0.717, 1.165) is 0 Å². The van der Waals surface area contributed by atoms with E-state index in [9.17, 15) is 39.9 Å². The summed E-state index contributed by atoms with van der Waals surface area (Å²) in [5.74, 6) is -4.36. The van der Waals surface area contributed by atoms with Crippen LogP contribution in [0.25, 0.3) is 0 Å². The van der Waals surface area contributed by atoms with Crippen molar-refractivity contribution < 1.29 is 45.0 Å². The van der Waals surface area contributed by atoms with Crippen LogP contribution in [0.2, 0.25) is 0 Å². The van der Waals surface area contributed by atoms with Gasteiger partial charge >= 0.3 is 0 Å². The van der Waals surface area contributed by atoms with Crippen molar-refractivity contribution in [2.45, 2.75) is 6.10 Å². The van der Waals surface area contributed by atoms with E-state index >= 15 is 0 Å². The van der Waals surface area contributed by atoms with Gasteiger partial charge in [-0.05, 0) is 67.8 Å². The second-order valence-electron chi connectivity index (χ2n) is 6.72. The van der Waals surface area contributed by atoms with Crippen LogP contribution in [0.4, 0.5) is 11.4 Å². The van der Waals surface area contributed by atoms with Crippen LogP contribution in [0.5, 0.6) is 0 Å². The second kappa shape index (κ2) is 14.9. The number of aliphatic hydroxyl groups excluding tert-OH is 6. The molecule has 15 heteroatoms. The lowest BCUT2D eigenvalue weighted by molar-refractivity contribution is -0.123. The molecular weight excluding hydrogens is 783 g/mol. The van der Waals surface area contributed by atoms with Gasteiger partial charge in [0.15, 0.2) is 0 Å². The Bertz CT molecular complexity index is 811. The van der Waals surface area contributed by atoms with Crippen molar-refractivity contribution >= 4 is 96.9 Å². The maximum absolute atomic E-state index is 12.9. The molecule has 12 nitrogen and oxygen atoms in total. The summed E-state index contributed by atoms with van der Waals surface area (Å²) in [7, 11) is 0. The molecule has 1 atom stereocenters. The van der Waals surface area contributed by atoms with Gasteiger partial charge in [0.05, 0.1) is 78.6 Å². The fraction of sp³-hybridized carbons (Fsp3) is 0.500. The number of nitrogens with one attached hydrogen (secondary N) is 3. The van der Waals surface area contributed by atoms with Crippen LogP contribution >= 0.6 is 67.8 Å². The Morgan fingerprint density at radius 1 is 0.697 bits per heavy atom. The van der Waals surface area contributed by atoms with Gasteiger partial charge in [-0.2, -0.15) is 0 Å². The smallest absolute Gasteiger partial charge is 0.253 e. The van der Waals surface area contributed by atoms with Crippen LogP contribution in [-0.2, 0) is 9.59 Å². The third-order valence-electron chi connectivity index (χ3n) is 4.37. The lowest BCUT2D eigenvalue weighted by Crippen LogP contribution is -2.36. The van der Waals surface area contributed by atoms with Gasteiger partial charge in [0.2, 0.25) is 11.8 Å². The Morgan fingerprint density at radius 3 is 1.42 bits per heavy atom. The number of halogens is 3. The lowest BCUT2D eigenvalue weighted by atomic mass is 10.1. The van der Waals surface area contributed by atoms with Gasteiger partial charge in [-0.15, -0.1) is 0 Å². The minimum absolute atomic E-state index is 0.0430. The topological polar surface area (TPSA) is 209 Å². The summed E-state index contributed by atoms with van der Waals surface area (Å²) >= 11 is 5.48. The SMILES string of the molecule is O=C(NCC(O)CO)c1c(I)c(NC(=O)C(CO)CO)c(I)c(NC(=O)C(CO)CO)c1I. The largest absolute Gasteiger partial charge is 0.395 e. The monoisotopic (exact) mass is 807 g/mol. The molecule has 0 aliphatic rings. The van der Waals surface area contributed by atoms with Crippen LogP contribution in [0.3, 0.4) is 0 Å². The molecule has 1 aromatic rings. The average molecular weight is 807 g/mol. The molecule has 0 fully saturated rings. The number of benzene rings is 1. The zero-order valence-corrected chi connectivity index (χ0v) is 23.5. The van der Waals surface area contributed by atoms with E-state index < -0.39 is 68.7 Å². The Hall–Kier alpha value is -0.420. The molecule has 0 heterocycles. The quantitative estimate of drug-likeness (QED) is 0.115. The van der Waals surface area contributed by atoms with Crippen molar-refractivity contribution in [1.82, 2.24) is 5.32 Å². The van der Waals surface area contributed by atoms with E-state index in [1.54, 1.807) is 0 Å². The van der Waals surface area contributed by atoms with Crippen LogP contribution < -0.4 is 16.0 Å². The number of hydrogen-bond acceptors (Lipinski definition) is 9. The normalized spacial score (nSPS) is 12.1. The van der Waals surface area contributed by atoms with E-state index in [4.69, 9.17) is 5.11 Å². The summed E-state index contributed by atoms with van der Waals surface area (Å²) in [4.78, 5) is 37.8. The Balaban J connectivity index is 3.58. The number of rotatable bonds is 12. The molecular formula is C18H24I3N3O9. The third kappa shape index (κ3) is 8.05. The van der Waals surface area contributed by atoms with Gasteiger partial charge in [-0.3, -0.25) is 14.4 Å². The molecule has 1 aromatic carbocycles. The van der Waals surface area contributed by atoms with E-state index in [1.807, 2.05) is 67.8 Å². The van der Waals surface area contributed by atoms with Crippen LogP contribution in [-0.4, -0.2) is 94.0 Å². The molecule has 33 heavy (non-hydrogen) atoms. The first kappa shape index (κ1) is 30.6. The summed E-state index contributed by atoms with van der Waals surface area (Å²) in [6, 6.07) is 0. The Kier molecular flexibility index (Phi) is 13.8. The van der Waals surface area contributed by atoms with Gasteiger partial charge in [0.1, 0.15) is 0 Å². The molecule has 0 radical (unpaired) electrons. The van der Waals surface area contributed by atoms with Gasteiger partial charge in [-0.25, -0.2) is 0 Å². The highest BCUT2D eigenvalue weighted by molar-refractivity contribution is 14.1. The molecule has 0 aromatic heterocycles. The van der Waals surface area contributed by atoms with E-state index in [0.29, 0.717) is 3.57 Å². The molecule has 0 bridgehead atoms. The molecule has 0 saturated carbocycles. The molecule has 186 valence electrons. The van der Waals surface area contributed by atoms with Crippen molar-refractivity contribution in [3.8, 4) is 0 Å². The van der Waals surface area contributed by atoms with E-state index in [2.05, 4.69) is 16.0 Å². The summed E-state index contributed by atoms with van der Waals surface area (Å²) in [6.07, 6.45) is -1.20. The molecule has 0 saturated heterocycles. The van der Waals surface area contributed by atoms with Crippen molar-refractivity contribution in [2.75, 3.05) is 50.2 Å². The molecule has 0 spiro atoms. The summed E-state index contributed by atoms with van der Waals surface area (Å²) < 4.78 is 0.873. The standard InChI is InChI=1S/C18H24I3N3O9/c19-11-10(18(33)22-1-9(30)6-29)12(20)15(24-17(32)8(4-27)5-28)13(21)14(11)23-16(31)7(2-25)3-26/h7-9,25-30H,1-6H2,(H,22,33)(H,23,31)(H,24,32). The third-order valence-corrected chi connectivity index (χ3v) is 7.61. The zero-order chi connectivity index (χ0) is 25.3. The van der Waals surface area contributed by atoms with Crippen LogP contribution in [0.15, 0.2) is 0 Å². The highest BCUT2D eigenvalue weighted by Crippen LogP contribution is 2.39. The van der Waals surface area contributed by atoms with Gasteiger partial charge in [0.25, 0.3) is 5.91 Å². The number of amides is 3. The number of hydrogen-bond donors (Lipinski definition) is 9. The van der Waals surface area contributed by atoms with Crippen LogP contribution in [0, 0.1) is 22.5 Å². The summed E-state index contributed by atoms with van der Waals surface area (Å²) in [6.45, 7) is -3.31. The van der Waals surface area contributed by atoms with Crippen molar-refractivity contribution in [2.24, 2.45) is 11.8 Å². The predicted octanol–water partition coefficient (Wildman–Crippen LogP) is -1.34. The highest BCUT2D eigenvalue weighted by atomic mass is 127. The molecule has 0 aliphatic carbocycles. The lowest BCUT2D eigenvalue weighted by Gasteiger charge is -2.22. The number of carbonyl (C=O) groups excluding carboxylic acids is 3. The first-order valence-electron chi connectivity index (χ1n) is 9.40. The van der Waals surface area contributed by atoms with Crippen LogP contribution in [0.1, 0.15) is 10.4 Å². The molecule has 9 N–H and O–H groups in total. The number of aliphatic hydroxyl groups is 6. The Labute approximate surface area is 229 Å². The van der Waals surface area contributed by atoms with Gasteiger partial charge in [-0.1, -0.05) is 0 Å². The minimum Gasteiger partial charge on any atom is -0.395 e. The maximum Gasteiger partial charge on any atom is 0.253 e. The highest BCUT2D eigenvalue weighted by Gasteiger charge is 2.29. The fourth-order valence-electron chi connectivity index (χ4n) is 2.34. The predicted molar refractivity (Wildman–Crippen MR) is 143 cm³/mol. The average Bonchev–Trinajstić information content (AvgIpc) is 2.79. The minimum atomic E-state index is -1.20. The number of anilines is 2. The fourth-order valence-corrected chi connectivity index (χ4v) is 6.54. The van der Waals surface area contributed by atoms with Gasteiger partial charge in [0, 0.05) is 6.54 Å². The van der Waals surface area contributed by atoms with Crippen molar-refractivity contribution in [3.05, 3.63) is 16.3 Å². The molecule has 1 rings (SSSR count). The van der Waals surface area contributed by atoms with Gasteiger partial charge < -0.3 is 46.6 Å². The molecule has 3 amide bonds. The molecule has 0 aliphatic heterocycles. The molecule has 1 unspecified atom stereocenters. The first-order chi connectivity index (χ1) is 15.6. The Morgan fingerprint density at radius 2 is 1.09 bits per heavy atom. The summed E-state index contributed by atoms with van der Waals surface area (Å²) in [5, 5.41) is 63.2.